The third-order valence-corrected chi connectivity index (χ3v) is 3.23. The van der Waals surface area contributed by atoms with Crippen LogP contribution in [0.2, 0.25) is 0 Å². The molecule has 2 N–H and O–H groups in total. The molecule has 1 aromatic carbocycles. The van der Waals surface area contributed by atoms with Crippen LogP contribution in [0.25, 0.3) is 0 Å². The van der Waals surface area contributed by atoms with Crippen LogP contribution < -0.4 is 5.32 Å². The van der Waals surface area contributed by atoms with Crippen molar-refractivity contribution >= 4 is 11.9 Å². The van der Waals surface area contributed by atoms with E-state index in [9.17, 15) is 9.59 Å². The van der Waals surface area contributed by atoms with E-state index in [1.165, 1.54) is 11.1 Å². The summed E-state index contributed by atoms with van der Waals surface area (Å²) in [7, 11) is 1.86. The molecule has 1 unspecified atom stereocenters. The number of hydrogen-bond acceptors (Lipinski definition) is 3. The normalized spacial score (nSPS) is 12.2. The molecule has 0 saturated heterocycles. The Morgan fingerprint density at radius 3 is 2.45 bits per heavy atom. The van der Waals surface area contributed by atoms with Crippen molar-refractivity contribution in [1.82, 2.24) is 10.2 Å². The Kier molecular flexibility index (Phi) is 6.18. The molecule has 0 radical (unpaired) electrons. The van der Waals surface area contributed by atoms with Crippen LogP contribution in [0.3, 0.4) is 0 Å². The summed E-state index contributed by atoms with van der Waals surface area (Å²) >= 11 is 0. The van der Waals surface area contributed by atoms with Crippen LogP contribution in [-0.2, 0) is 16.0 Å². The average molecular weight is 278 g/mol. The Balaban J connectivity index is 2.42. The highest BCUT2D eigenvalue weighted by molar-refractivity contribution is 5.82. The number of benzene rings is 1. The van der Waals surface area contributed by atoms with Crippen LogP contribution in [-0.4, -0.2) is 48.1 Å². The maximum atomic E-state index is 11.5. The smallest absolute Gasteiger partial charge is 0.322 e. The van der Waals surface area contributed by atoms with Crippen LogP contribution in [0, 0.1) is 6.92 Å². The number of amides is 1. The lowest BCUT2D eigenvalue weighted by molar-refractivity contribution is -0.138. The summed E-state index contributed by atoms with van der Waals surface area (Å²) in [5, 5.41) is 10.9. The number of aryl methyl sites for hydroxylation is 1. The van der Waals surface area contributed by atoms with E-state index in [0.29, 0.717) is 0 Å². The fourth-order valence-corrected chi connectivity index (χ4v) is 1.83. The molecule has 20 heavy (non-hydrogen) atoms. The van der Waals surface area contributed by atoms with Gasteiger partial charge in [0, 0.05) is 6.04 Å². The minimum absolute atomic E-state index is 0.195. The van der Waals surface area contributed by atoms with E-state index >= 15 is 0 Å². The Bertz CT molecular complexity index is 457. The van der Waals surface area contributed by atoms with Gasteiger partial charge in [-0.1, -0.05) is 29.8 Å². The van der Waals surface area contributed by atoms with Crippen molar-refractivity contribution in [2.75, 3.05) is 20.1 Å². The van der Waals surface area contributed by atoms with Gasteiger partial charge in [-0.25, -0.2) is 0 Å². The van der Waals surface area contributed by atoms with Gasteiger partial charge >= 0.3 is 5.97 Å². The molecule has 0 bridgehead atoms. The topological polar surface area (TPSA) is 69.6 Å². The molecule has 0 aliphatic carbocycles. The highest BCUT2D eigenvalue weighted by Crippen LogP contribution is 2.09. The van der Waals surface area contributed by atoms with Crippen molar-refractivity contribution in [3.8, 4) is 0 Å². The number of nitrogens with one attached hydrogen (secondary N) is 1. The summed E-state index contributed by atoms with van der Waals surface area (Å²) < 4.78 is 0. The number of carbonyl (C=O) groups excluding carboxylic acids is 1. The first-order valence-electron chi connectivity index (χ1n) is 6.62. The molecule has 5 nitrogen and oxygen atoms in total. The highest BCUT2D eigenvalue weighted by atomic mass is 16.4. The van der Waals surface area contributed by atoms with E-state index in [-0.39, 0.29) is 25.0 Å². The van der Waals surface area contributed by atoms with Crippen LogP contribution >= 0.6 is 0 Å². The summed E-state index contributed by atoms with van der Waals surface area (Å²) in [4.78, 5) is 23.8. The molecule has 0 heterocycles. The van der Waals surface area contributed by atoms with Gasteiger partial charge < -0.3 is 10.4 Å². The van der Waals surface area contributed by atoms with Gasteiger partial charge in [0.1, 0.15) is 6.54 Å². The number of likely N-dealkylation sites (N-methyl/N-ethyl adjacent to an activating group) is 1. The van der Waals surface area contributed by atoms with Crippen LogP contribution in [0.1, 0.15) is 18.1 Å². The van der Waals surface area contributed by atoms with Crippen molar-refractivity contribution < 1.29 is 14.7 Å². The summed E-state index contributed by atoms with van der Waals surface area (Å²) in [5.41, 5.74) is 2.45. The number of carboxylic acid groups (broad SMARTS) is 1. The molecule has 1 aromatic rings. The maximum Gasteiger partial charge on any atom is 0.322 e. The lowest BCUT2D eigenvalue weighted by atomic mass is 10.0. The number of aliphatic carboxylic acids is 1. The van der Waals surface area contributed by atoms with Crippen LogP contribution in [0.4, 0.5) is 0 Å². The highest BCUT2D eigenvalue weighted by Gasteiger charge is 2.14. The zero-order valence-corrected chi connectivity index (χ0v) is 12.2. The zero-order chi connectivity index (χ0) is 15.1. The first-order valence-corrected chi connectivity index (χ1v) is 6.62. The number of hydrogen-bond donors (Lipinski definition) is 2. The Hall–Kier alpha value is -1.88. The van der Waals surface area contributed by atoms with Gasteiger partial charge in [0.15, 0.2) is 0 Å². The van der Waals surface area contributed by atoms with Gasteiger partial charge in [0.2, 0.25) is 5.91 Å². The Morgan fingerprint density at radius 1 is 1.30 bits per heavy atom. The van der Waals surface area contributed by atoms with Gasteiger partial charge in [-0.2, -0.15) is 0 Å². The predicted molar refractivity (Wildman–Crippen MR) is 77.6 cm³/mol. The summed E-state index contributed by atoms with van der Waals surface area (Å²) in [6, 6.07) is 8.52. The van der Waals surface area contributed by atoms with Crippen molar-refractivity contribution in [3.63, 3.8) is 0 Å². The molecule has 1 atom stereocenters. The molecule has 0 fully saturated rings. The minimum atomic E-state index is -1.03. The third-order valence-electron chi connectivity index (χ3n) is 3.23. The monoisotopic (exact) mass is 278 g/mol. The number of carbonyl (C=O) groups is 2. The molecular weight excluding hydrogens is 256 g/mol. The minimum Gasteiger partial charge on any atom is -0.480 e. The second kappa shape index (κ2) is 7.65. The molecule has 0 aliphatic rings. The quantitative estimate of drug-likeness (QED) is 0.782. The summed E-state index contributed by atoms with van der Waals surface area (Å²) in [6.07, 6.45) is 0.850. The average Bonchev–Trinajstić information content (AvgIpc) is 2.39. The van der Waals surface area contributed by atoms with E-state index < -0.39 is 5.97 Å². The second-order valence-electron chi connectivity index (χ2n) is 5.12. The Morgan fingerprint density at radius 2 is 1.90 bits per heavy atom. The van der Waals surface area contributed by atoms with Gasteiger partial charge in [-0.15, -0.1) is 0 Å². The summed E-state index contributed by atoms with van der Waals surface area (Å²) in [5.74, 6) is -1.31. The first-order chi connectivity index (χ1) is 9.38. The SMILES string of the molecule is Cc1ccc(CC(C)N(C)CC(=O)NCC(=O)O)cc1. The molecular formula is C15H22N2O3. The van der Waals surface area contributed by atoms with E-state index in [0.717, 1.165) is 6.42 Å². The third kappa shape index (κ3) is 5.84. The fourth-order valence-electron chi connectivity index (χ4n) is 1.83. The zero-order valence-electron chi connectivity index (χ0n) is 12.2. The lowest BCUT2D eigenvalue weighted by Crippen LogP contribution is -2.41. The van der Waals surface area contributed by atoms with Crippen LogP contribution in [0.5, 0.6) is 0 Å². The molecule has 0 saturated carbocycles. The standard InChI is InChI=1S/C15H22N2O3/c1-11-4-6-13(7-5-11)8-12(2)17(3)10-14(18)16-9-15(19)20/h4-7,12H,8-10H2,1-3H3,(H,16,18)(H,19,20). The molecule has 1 amide bonds. The van der Waals surface area contributed by atoms with Gasteiger partial charge in [-0.3, -0.25) is 14.5 Å². The predicted octanol–water partition coefficient (Wildman–Crippen LogP) is 1.06. The van der Waals surface area contributed by atoms with E-state index in [2.05, 4.69) is 29.6 Å². The Labute approximate surface area is 119 Å². The van der Waals surface area contributed by atoms with Gasteiger partial charge in [0.05, 0.1) is 6.54 Å². The van der Waals surface area contributed by atoms with Crippen molar-refractivity contribution in [1.29, 1.82) is 0 Å². The molecule has 5 heteroatoms. The van der Waals surface area contributed by atoms with Crippen molar-refractivity contribution in [2.24, 2.45) is 0 Å². The second-order valence-corrected chi connectivity index (χ2v) is 5.12. The molecule has 110 valence electrons. The molecule has 1 rings (SSSR count). The van der Waals surface area contributed by atoms with Gasteiger partial charge in [-0.05, 0) is 32.9 Å². The molecule has 0 aromatic heterocycles. The summed E-state index contributed by atoms with van der Waals surface area (Å²) in [6.45, 7) is 3.95. The number of carboxylic acids is 1. The molecule has 0 aliphatic heterocycles. The first kappa shape index (κ1) is 16.2. The van der Waals surface area contributed by atoms with Crippen LogP contribution in [0.15, 0.2) is 24.3 Å². The number of nitrogens with zero attached hydrogens (tertiary/aromatic N) is 1. The largest absolute Gasteiger partial charge is 0.480 e. The van der Waals surface area contributed by atoms with E-state index in [1.54, 1.807) is 0 Å². The molecule has 0 spiro atoms. The van der Waals surface area contributed by atoms with Crippen molar-refractivity contribution in [3.05, 3.63) is 35.4 Å². The van der Waals surface area contributed by atoms with Crippen molar-refractivity contribution in [2.45, 2.75) is 26.3 Å². The van der Waals surface area contributed by atoms with Gasteiger partial charge in [0.25, 0.3) is 0 Å². The lowest BCUT2D eigenvalue weighted by Gasteiger charge is -2.24. The van der Waals surface area contributed by atoms with E-state index in [4.69, 9.17) is 5.11 Å². The maximum absolute atomic E-state index is 11.5. The fraction of sp³-hybridized carbons (Fsp3) is 0.467. The number of rotatable bonds is 7. The van der Waals surface area contributed by atoms with E-state index in [1.807, 2.05) is 25.8 Å².